The summed E-state index contributed by atoms with van der Waals surface area (Å²) in [5.74, 6) is 0.955. The van der Waals surface area contributed by atoms with Gasteiger partial charge in [0, 0.05) is 24.8 Å². The zero-order valence-electron chi connectivity index (χ0n) is 12.1. The molecule has 0 radical (unpaired) electrons. The van der Waals surface area contributed by atoms with Crippen LogP contribution in [0.3, 0.4) is 0 Å². The van der Waals surface area contributed by atoms with Gasteiger partial charge >= 0.3 is 0 Å². The summed E-state index contributed by atoms with van der Waals surface area (Å²) in [5, 5.41) is 0. The molecule has 0 aliphatic heterocycles. The second-order valence-electron chi connectivity index (χ2n) is 4.81. The number of benzene rings is 2. The third-order valence-electron chi connectivity index (χ3n) is 3.29. The first-order chi connectivity index (χ1) is 9.60. The summed E-state index contributed by atoms with van der Waals surface area (Å²) in [4.78, 5) is 13.4. The molecule has 3 nitrogen and oxygen atoms in total. The Balaban J connectivity index is 2.06. The van der Waals surface area contributed by atoms with E-state index >= 15 is 0 Å². The largest absolute Gasteiger partial charge is 0.497 e. The van der Waals surface area contributed by atoms with E-state index in [2.05, 4.69) is 17.0 Å². The zero-order chi connectivity index (χ0) is 14.5. The van der Waals surface area contributed by atoms with Gasteiger partial charge in [0.2, 0.25) is 0 Å². The number of ketones is 1. The number of rotatable bonds is 5. The highest BCUT2D eigenvalue weighted by atomic mass is 16.5. The molecule has 0 aliphatic rings. The average Bonchev–Trinajstić information content (AvgIpc) is 2.48. The first kappa shape index (κ1) is 14.1. The second kappa shape index (κ2) is 6.24. The summed E-state index contributed by atoms with van der Waals surface area (Å²) in [6.45, 7) is 2.39. The third kappa shape index (κ3) is 3.38. The molecule has 0 spiro atoms. The third-order valence-corrected chi connectivity index (χ3v) is 3.29. The lowest BCUT2D eigenvalue weighted by molar-refractivity contribution is 0.101. The minimum atomic E-state index is 0.0920. The summed E-state index contributed by atoms with van der Waals surface area (Å²) in [6, 6.07) is 15.7. The quantitative estimate of drug-likeness (QED) is 0.778. The van der Waals surface area contributed by atoms with Crippen molar-refractivity contribution in [2.75, 3.05) is 19.1 Å². The standard InChI is InChI=1S/C17H19NO2/c1-13(19)15-6-8-16(9-7-15)18(2)12-14-4-10-17(20-3)11-5-14/h4-11H,12H2,1-3H3. The van der Waals surface area contributed by atoms with Gasteiger partial charge in [-0.15, -0.1) is 0 Å². The molecule has 2 aromatic rings. The number of anilines is 1. The summed E-state index contributed by atoms with van der Waals surface area (Å²) in [5.41, 5.74) is 3.04. The van der Waals surface area contributed by atoms with Gasteiger partial charge < -0.3 is 9.64 Å². The molecule has 2 aromatic carbocycles. The Morgan fingerprint density at radius 2 is 1.65 bits per heavy atom. The Hall–Kier alpha value is -2.29. The Labute approximate surface area is 119 Å². The van der Waals surface area contributed by atoms with Gasteiger partial charge in [0.25, 0.3) is 0 Å². The van der Waals surface area contributed by atoms with E-state index in [0.717, 1.165) is 23.5 Å². The Bertz CT molecular complexity index is 573. The molecule has 0 atom stereocenters. The molecule has 0 N–H and O–H groups in total. The lowest BCUT2D eigenvalue weighted by Crippen LogP contribution is -2.16. The van der Waals surface area contributed by atoms with Gasteiger partial charge in [0.15, 0.2) is 5.78 Å². The zero-order valence-corrected chi connectivity index (χ0v) is 12.1. The summed E-state index contributed by atoms with van der Waals surface area (Å²) >= 11 is 0. The molecule has 0 unspecified atom stereocenters. The number of ether oxygens (including phenoxy) is 1. The van der Waals surface area contributed by atoms with E-state index in [1.54, 1.807) is 14.0 Å². The maximum absolute atomic E-state index is 11.3. The predicted octanol–water partition coefficient (Wildman–Crippen LogP) is 3.53. The highest BCUT2D eigenvalue weighted by molar-refractivity contribution is 5.94. The molecule has 0 aromatic heterocycles. The summed E-state index contributed by atoms with van der Waals surface area (Å²) < 4.78 is 5.15. The smallest absolute Gasteiger partial charge is 0.159 e. The molecule has 0 saturated carbocycles. The molecule has 0 heterocycles. The van der Waals surface area contributed by atoms with Gasteiger partial charge in [0.1, 0.15) is 5.75 Å². The maximum Gasteiger partial charge on any atom is 0.159 e. The number of hydrogen-bond donors (Lipinski definition) is 0. The molecule has 3 heteroatoms. The number of nitrogens with zero attached hydrogens (tertiary/aromatic N) is 1. The SMILES string of the molecule is COc1ccc(CN(C)c2ccc(C(C)=O)cc2)cc1. The van der Waals surface area contributed by atoms with Crippen LogP contribution in [0.4, 0.5) is 5.69 Å². The first-order valence-corrected chi connectivity index (χ1v) is 6.55. The van der Waals surface area contributed by atoms with Crippen LogP contribution in [0.2, 0.25) is 0 Å². The van der Waals surface area contributed by atoms with Crippen molar-refractivity contribution in [2.24, 2.45) is 0 Å². The topological polar surface area (TPSA) is 29.5 Å². The van der Waals surface area contributed by atoms with Crippen LogP contribution in [0.1, 0.15) is 22.8 Å². The van der Waals surface area contributed by atoms with Crippen LogP contribution < -0.4 is 9.64 Å². The molecule has 0 aliphatic carbocycles. The molecule has 0 fully saturated rings. The van der Waals surface area contributed by atoms with E-state index in [0.29, 0.717) is 0 Å². The normalized spacial score (nSPS) is 10.2. The van der Waals surface area contributed by atoms with Crippen LogP contribution in [0.15, 0.2) is 48.5 Å². The van der Waals surface area contributed by atoms with Crippen LogP contribution in [-0.4, -0.2) is 19.9 Å². The highest BCUT2D eigenvalue weighted by Crippen LogP contribution is 2.18. The summed E-state index contributed by atoms with van der Waals surface area (Å²) in [6.07, 6.45) is 0. The molecule has 0 saturated heterocycles. The van der Waals surface area contributed by atoms with Crippen LogP contribution in [0, 0.1) is 0 Å². The Morgan fingerprint density at radius 3 is 2.15 bits per heavy atom. The van der Waals surface area contributed by atoms with Crippen molar-refractivity contribution >= 4 is 11.5 Å². The van der Waals surface area contributed by atoms with Gasteiger partial charge in [-0.3, -0.25) is 4.79 Å². The maximum atomic E-state index is 11.3. The fourth-order valence-corrected chi connectivity index (χ4v) is 2.05. The second-order valence-corrected chi connectivity index (χ2v) is 4.81. The number of carbonyl (C=O) groups excluding carboxylic acids is 1. The molecule has 2 rings (SSSR count). The Kier molecular flexibility index (Phi) is 4.41. The van der Waals surface area contributed by atoms with Crippen molar-refractivity contribution in [2.45, 2.75) is 13.5 Å². The minimum Gasteiger partial charge on any atom is -0.497 e. The van der Waals surface area contributed by atoms with Gasteiger partial charge in [-0.25, -0.2) is 0 Å². The van der Waals surface area contributed by atoms with E-state index in [9.17, 15) is 4.79 Å². The van der Waals surface area contributed by atoms with Crippen LogP contribution in [0.25, 0.3) is 0 Å². The van der Waals surface area contributed by atoms with E-state index in [4.69, 9.17) is 4.74 Å². The molecule has 0 amide bonds. The lowest BCUT2D eigenvalue weighted by atomic mass is 10.1. The molecule has 104 valence electrons. The van der Waals surface area contributed by atoms with E-state index in [1.165, 1.54) is 5.56 Å². The molecular weight excluding hydrogens is 250 g/mol. The van der Waals surface area contributed by atoms with Crippen molar-refractivity contribution in [3.63, 3.8) is 0 Å². The fraction of sp³-hybridized carbons (Fsp3) is 0.235. The van der Waals surface area contributed by atoms with Crippen molar-refractivity contribution in [1.29, 1.82) is 0 Å². The lowest BCUT2D eigenvalue weighted by Gasteiger charge is -2.19. The number of methoxy groups -OCH3 is 1. The molecule has 20 heavy (non-hydrogen) atoms. The van der Waals surface area contributed by atoms with Crippen molar-refractivity contribution in [1.82, 2.24) is 0 Å². The van der Waals surface area contributed by atoms with Gasteiger partial charge in [-0.1, -0.05) is 12.1 Å². The first-order valence-electron chi connectivity index (χ1n) is 6.55. The Morgan fingerprint density at radius 1 is 1.05 bits per heavy atom. The van der Waals surface area contributed by atoms with Crippen molar-refractivity contribution in [3.05, 3.63) is 59.7 Å². The number of Topliss-reactive ketones (excluding diaryl/α,β-unsaturated/α-hetero) is 1. The minimum absolute atomic E-state index is 0.0920. The summed E-state index contributed by atoms with van der Waals surface area (Å²) in [7, 11) is 3.70. The van der Waals surface area contributed by atoms with Crippen LogP contribution in [0.5, 0.6) is 5.75 Å². The fourth-order valence-electron chi connectivity index (χ4n) is 2.05. The van der Waals surface area contributed by atoms with E-state index in [1.807, 2.05) is 43.4 Å². The monoisotopic (exact) mass is 269 g/mol. The van der Waals surface area contributed by atoms with Gasteiger partial charge in [-0.2, -0.15) is 0 Å². The van der Waals surface area contributed by atoms with Crippen molar-refractivity contribution < 1.29 is 9.53 Å². The van der Waals surface area contributed by atoms with E-state index < -0.39 is 0 Å². The van der Waals surface area contributed by atoms with Gasteiger partial charge in [0.05, 0.1) is 7.11 Å². The van der Waals surface area contributed by atoms with Gasteiger partial charge in [-0.05, 0) is 48.9 Å². The average molecular weight is 269 g/mol. The number of carbonyl (C=O) groups is 1. The molecule has 0 bridgehead atoms. The van der Waals surface area contributed by atoms with E-state index in [-0.39, 0.29) is 5.78 Å². The molecular formula is C17H19NO2. The predicted molar refractivity (Wildman–Crippen MR) is 81.5 cm³/mol. The van der Waals surface area contributed by atoms with Crippen LogP contribution >= 0.6 is 0 Å². The van der Waals surface area contributed by atoms with Crippen LogP contribution in [-0.2, 0) is 6.54 Å². The highest BCUT2D eigenvalue weighted by Gasteiger charge is 2.04. The number of hydrogen-bond acceptors (Lipinski definition) is 3. The van der Waals surface area contributed by atoms with Crippen molar-refractivity contribution in [3.8, 4) is 5.75 Å².